The number of carbonyl (C=O) groups excluding carboxylic acids is 2. The Morgan fingerprint density at radius 2 is 1.38 bits per heavy atom. The minimum atomic E-state index is -0.0971. The van der Waals surface area contributed by atoms with Gasteiger partial charge < -0.3 is 0 Å². The van der Waals surface area contributed by atoms with Crippen LogP contribution in [0.15, 0.2) is 72.8 Å². The summed E-state index contributed by atoms with van der Waals surface area (Å²) in [6, 6.07) is 22.4. The van der Waals surface area contributed by atoms with E-state index >= 15 is 0 Å². The van der Waals surface area contributed by atoms with E-state index in [2.05, 4.69) is 0 Å². The van der Waals surface area contributed by atoms with Gasteiger partial charge in [-0.05, 0) is 24.0 Å². The Balaban J connectivity index is 1.89. The molecule has 0 fully saturated rings. The predicted octanol–water partition coefficient (Wildman–Crippen LogP) is 4.25. The van der Waals surface area contributed by atoms with Crippen molar-refractivity contribution in [3.63, 3.8) is 0 Å². The van der Waals surface area contributed by atoms with Crippen molar-refractivity contribution in [3.8, 4) is 0 Å². The smallest absolute Gasteiger partial charge is 0.194 e. The normalized spacial score (nSPS) is 12.9. The Hall–Kier alpha value is -3.00. The van der Waals surface area contributed by atoms with Crippen molar-refractivity contribution in [2.45, 2.75) is 12.8 Å². The maximum atomic E-state index is 13.1. The molecule has 0 unspecified atom stereocenters. The van der Waals surface area contributed by atoms with Gasteiger partial charge in [0.2, 0.25) is 0 Å². The number of benzene rings is 3. The van der Waals surface area contributed by atoms with E-state index in [9.17, 15) is 9.59 Å². The number of aryl methyl sites for hydroxylation is 2. The zero-order chi connectivity index (χ0) is 16.5. The van der Waals surface area contributed by atoms with E-state index in [4.69, 9.17) is 0 Å². The summed E-state index contributed by atoms with van der Waals surface area (Å²) < 4.78 is 0. The predicted molar refractivity (Wildman–Crippen MR) is 93.6 cm³/mol. The average Bonchev–Trinajstić information content (AvgIpc) is 2.79. The Kier molecular flexibility index (Phi) is 3.58. The van der Waals surface area contributed by atoms with Gasteiger partial charge >= 0.3 is 0 Å². The van der Waals surface area contributed by atoms with Gasteiger partial charge in [-0.1, -0.05) is 72.8 Å². The van der Waals surface area contributed by atoms with Crippen LogP contribution in [-0.4, -0.2) is 11.6 Å². The molecule has 2 heteroatoms. The zero-order valence-electron chi connectivity index (χ0n) is 13.2. The maximum absolute atomic E-state index is 13.1. The lowest BCUT2D eigenvalue weighted by atomic mass is 9.90. The Morgan fingerprint density at radius 3 is 2.21 bits per heavy atom. The molecule has 0 saturated carbocycles. The first kappa shape index (κ1) is 14.6. The SMILES string of the molecule is O=C(c1ccccc1)c1cccc2c1C(=O)c1ccccc1CC2. The molecule has 116 valence electrons. The van der Waals surface area contributed by atoms with Crippen molar-refractivity contribution < 1.29 is 9.59 Å². The van der Waals surface area contributed by atoms with E-state index in [-0.39, 0.29) is 11.6 Å². The van der Waals surface area contributed by atoms with E-state index in [0.717, 1.165) is 24.0 Å². The second-order valence-electron chi connectivity index (χ2n) is 6.02. The fraction of sp³-hybridized carbons (Fsp3) is 0.0909. The third kappa shape index (κ3) is 2.37. The van der Waals surface area contributed by atoms with Crippen LogP contribution in [0.25, 0.3) is 0 Å². The number of rotatable bonds is 2. The lowest BCUT2D eigenvalue weighted by molar-refractivity contribution is 0.100. The quantitative estimate of drug-likeness (QED) is 0.663. The Morgan fingerprint density at radius 1 is 0.708 bits per heavy atom. The molecule has 0 radical (unpaired) electrons. The third-order valence-electron chi connectivity index (χ3n) is 4.58. The highest BCUT2D eigenvalue weighted by Crippen LogP contribution is 2.28. The summed E-state index contributed by atoms with van der Waals surface area (Å²) in [6.45, 7) is 0. The number of ketones is 2. The summed E-state index contributed by atoms with van der Waals surface area (Å²) in [5.41, 5.74) is 4.40. The maximum Gasteiger partial charge on any atom is 0.194 e. The molecule has 24 heavy (non-hydrogen) atoms. The summed E-state index contributed by atoms with van der Waals surface area (Å²) in [4.78, 5) is 26.1. The van der Waals surface area contributed by atoms with Gasteiger partial charge in [-0.25, -0.2) is 0 Å². The molecule has 3 aromatic rings. The van der Waals surface area contributed by atoms with Gasteiger partial charge in [0.05, 0.1) is 0 Å². The Bertz CT molecular complexity index is 939. The number of hydrogen-bond donors (Lipinski definition) is 0. The molecule has 0 aliphatic heterocycles. The minimum absolute atomic E-state index is 0.0435. The first-order chi connectivity index (χ1) is 11.8. The molecule has 0 N–H and O–H groups in total. The van der Waals surface area contributed by atoms with Gasteiger partial charge in [-0.3, -0.25) is 9.59 Å². The van der Waals surface area contributed by atoms with E-state index in [0.29, 0.717) is 22.3 Å². The first-order valence-electron chi connectivity index (χ1n) is 8.10. The highest BCUT2D eigenvalue weighted by Gasteiger charge is 2.26. The molecule has 2 nitrogen and oxygen atoms in total. The molecule has 0 bridgehead atoms. The van der Waals surface area contributed by atoms with Crippen LogP contribution in [0.2, 0.25) is 0 Å². The molecule has 1 aliphatic carbocycles. The lowest BCUT2D eigenvalue weighted by Gasteiger charge is -2.11. The van der Waals surface area contributed by atoms with E-state index in [1.807, 2.05) is 54.6 Å². The van der Waals surface area contributed by atoms with Gasteiger partial charge in [0.15, 0.2) is 11.6 Å². The number of carbonyl (C=O) groups is 2. The van der Waals surface area contributed by atoms with Crippen LogP contribution in [-0.2, 0) is 12.8 Å². The van der Waals surface area contributed by atoms with E-state index < -0.39 is 0 Å². The molecule has 0 saturated heterocycles. The van der Waals surface area contributed by atoms with Crippen LogP contribution >= 0.6 is 0 Å². The topological polar surface area (TPSA) is 34.1 Å². The molecule has 0 atom stereocenters. The molecule has 0 aromatic heterocycles. The van der Waals surface area contributed by atoms with Gasteiger partial charge in [0.1, 0.15) is 0 Å². The van der Waals surface area contributed by atoms with Crippen molar-refractivity contribution in [3.05, 3.63) is 106 Å². The first-order valence-corrected chi connectivity index (χ1v) is 8.10. The summed E-state index contributed by atoms with van der Waals surface area (Å²) in [6.07, 6.45) is 1.59. The molecule has 0 spiro atoms. The van der Waals surface area contributed by atoms with Crippen molar-refractivity contribution in [2.24, 2.45) is 0 Å². The van der Waals surface area contributed by atoms with Gasteiger partial charge in [-0.2, -0.15) is 0 Å². The highest BCUT2D eigenvalue weighted by atomic mass is 16.1. The van der Waals surface area contributed by atoms with Gasteiger partial charge in [0, 0.05) is 22.3 Å². The molecular formula is C22H16O2. The van der Waals surface area contributed by atoms with Crippen LogP contribution in [0, 0.1) is 0 Å². The number of fused-ring (bicyclic) bond motifs is 2. The summed E-state index contributed by atoms with van der Waals surface area (Å²) >= 11 is 0. The minimum Gasteiger partial charge on any atom is -0.289 e. The second-order valence-corrected chi connectivity index (χ2v) is 6.02. The van der Waals surface area contributed by atoms with Crippen LogP contribution < -0.4 is 0 Å². The fourth-order valence-electron chi connectivity index (χ4n) is 3.37. The molecule has 0 amide bonds. The molecule has 1 aliphatic rings. The fourth-order valence-corrected chi connectivity index (χ4v) is 3.37. The highest BCUT2D eigenvalue weighted by molar-refractivity contribution is 6.20. The second kappa shape index (κ2) is 5.89. The van der Waals surface area contributed by atoms with Crippen molar-refractivity contribution in [1.82, 2.24) is 0 Å². The summed E-state index contributed by atoms with van der Waals surface area (Å²) in [7, 11) is 0. The molecular weight excluding hydrogens is 296 g/mol. The summed E-state index contributed by atoms with van der Waals surface area (Å²) in [5, 5.41) is 0. The van der Waals surface area contributed by atoms with Crippen LogP contribution in [0.4, 0.5) is 0 Å². The van der Waals surface area contributed by atoms with Gasteiger partial charge in [0.25, 0.3) is 0 Å². The summed E-state index contributed by atoms with van der Waals surface area (Å²) in [5.74, 6) is -0.141. The molecule has 0 heterocycles. The van der Waals surface area contributed by atoms with Crippen molar-refractivity contribution >= 4 is 11.6 Å². The van der Waals surface area contributed by atoms with Gasteiger partial charge in [-0.15, -0.1) is 0 Å². The van der Waals surface area contributed by atoms with Crippen molar-refractivity contribution in [2.75, 3.05) is 0 Å². The largest absolute Gasteiger partial charge is 0.289 e. The molecule has 4 rings (SSSR count). The van der Waals surface area contributed by atoms with Crippen molar-refractivity contribution in [1.29, 1.82) is 0 Å². The van der Waals surface area contributed by atoms with Crippen LogP contribution in [0.5, 0.6) is 0 Å². The lowest BCUT2D eigenvalue weighted by Crippen LogP contribution is -2.13. The average molecular weight is 312 g/mol. The standard InChI is InChI=1S/C22H16O2/c23-21(17-8-2-1-3-9-17)19-12-6-10-16-14-13-15-7-4-5-11-18(15)22(24)20(16)19/h1-12H,13-14H2. The van der Waals surface area contributed by atoms with E-state index in [1.165, 1.54) is 0 Å². The zero-order valence-corrected chi connectivity index (χ0v) is 13.2. The molecule has 3 aromatic carbocycles. The van der Waals surface area contributed by atoms with E-state index in [1.54, 1.807) is 18.2 Å². The number of hydrogen-bond acceptors (Lipinski definition) is 2. The van der Waals surface area contributed by atoms with Crippen LogP contribution in [0.1, 0.15) is 43.0 Å². The van der Waals surface area contributed by atoms with Crippen LogP contribution in [0.3, 0.4) is 0 Å². The monoisotopic (exact) mass is 312 g/mol. The Labute approximate surface area is 140 Å². The third-order valence-corrected chi connectivity index (χ3v) is 4.58.